The second-order valence-corrected chi connectivity index (χ2v) is 6.67. The van der Waals surface area contributed by atoms with Crippen LogP contribution in [0.15, 0.2) is 4.34 Å². The lowest BCUT2D eigenvalue weighted by Gasteiger charge is -2.06. The van der Waals surface area contributed by atoms with E-state index in [9.17, 15) is 4.79 Å². The average molecular weight is 273 g/mol. The van der Waals surface area contributed by atoms with Crippen molar-refractivity contribution in [1.29, 1.82) is 0 Å². The van der Waals surface area contributed by atoms with E-state index in [0.717, 1.165) is 17.2 Å². The van der Waals surface area contributed by atoms with E-state index in [0.29, 0.717) is 10.4 Å². The highest BCUT2D eigenvalue weighted by atomic mass is 32.2. The van der Waals surface area contributed by atoms with Crippen molar-refractivity contribution in [1.82, 2.24) is 10.2 Å². The molecular formula is C11H19N3OS2. The first-order chi connectivity index (χ1) is 8.06. The van der Waals surface area contributed by atoms with E-state index < -0.39 is 0 Å². The summed E-state index contributed by atoms with van der Waals surface area (Å²) < 4.78 is 0.916. The number of nitrogens with zero attached hydrogens (tertiary/aromatic N) is 2. The molecule has 1 rings (SSSR count). The summed E-state index contributed by atoms with van der Waals surface area (Å²) in [6.07, 6.45) is 1.93. The molecule has 1 aromatic heterocycles. The SMILES string of the molecule is CCC(C)Sc1nnc(NC(=O)C(C)CC)s1. The highest BCUT2D eigenvalue weighted by Gasteiger charge is 2.14. The molecule has 2 unspecified atom stereocenters. The minimum absolute atomic E-state index is 0.0174. The van der Waals surface area contributed by atoms with Crippen molar-refractivity contribution < 1.29 is 4.79 Å². The molecule has 1 heterocycles. The van der Waals surface area contributed by atoms with Crippen molar-refractivity contribution in [2.75, 3.05) is 5.32 Å². The number of thioether (sulfide) groups is 1. The van der Waals surface area contributed by atoms with Crippen LogP contribution < -0.4 is 5.32 Å². The van der Waals surface area contributed by atoms with Gasteiger partial charge in [0.25, 0.3) is 0 Å². The van der Waals surface area contributed by atoms with Crippen LogP contribution in [0.3, 0.4) is 0 Å². The van der Waals surface area contributed by atoms with Gasteiger partial charge in [-0.15, -0.1) is 10.2 Å². The molecule has 6 heteroatoms. The molecule has 2 atom stereocenters. The van der Waals surface area contributed by atoms with Gasteiger partial charge in [-0.2, -0.15) is 0 Å². The standard InChI is InChI=1S/C11H19N3OS2/c1-5-7(3)9(15)12-10-13-14-11(17-10)16-8(4)6-2/h7-8H,5-6H2,1-4H3,(H,12,13,15). The summed E-state index contributed by atoms with van der Waals surface area (Å²) in [5.74, 6) is 0.0355. The minimum atomic E-state index is 0.0174. The third-order valence-electron chi connectivity index (χ3n) is 2.57. The Morgan fingerprint density at radius 1 is 1.35 bits per heavy atom. The molecule has 0 bridgehead atoms. The van der Waals surface area contributed by atoms with Crippen LogP contribution in [0.1, 0.15) is 40.5 Å². The summed E-state index contributed by atoms with van der Waals surface area (Å²) in [6.45, 7) is 8.20. The maximum absolute atomic E-state index is 11.7. The van der Waals surface area contributed by atoms with Crippen LogP contribution in [0.4, 0.5) is 5.13 Å². The summed E-state index contributed by atoms with van der Waals surface area (Å²) in [7, 11) is 0. The molecule has 96 valence electrons. The molecule has 1 aromatic rings. The van der Waals surface area contributed by atoms with E-state index in [1.165, 1.54) is 11.3 Å². The first-order valence-electron chi connectivity index (χ1n) is 5.87. The topological polar surface area (TPSA) is 54.9 Å². The third-order valence-corrected chi connectivity index (χ3v) is 4.76. The molecule has 0 aliphatic heterocycles. The van der Waals surface area contributed by atoms with Crippen LogP contribution in [0.25, 0.3) is 0 Å². The zero-order chi connectivity index (χ0) is 12.8. The Morgan fingerprint density at radius 3 is 2.65 bits per heavy atom. The molecule has 0 saturated heterocycles. The van der Waals surface area contributed by atoms with Crippen LogP contribution in [0.5, 0.6) is 0 Å². The van der Waals surface area contributed by atoms with Gasteiger partial charge in [0, 0.05) is 11.2 Å². The summed E-state index contributed by atoms with van der Waals surface area (Å²) in [6, 6.07) is 0. The number of amides is 1. The average Bonchev–Trinajstić information content (AvgIpc) is 2.75. The highest BCUT2D eigenvalue weighted by molar-refractivity contribution is 8.01. The molecule has 0 spiro atoms. The van der Waals surface area contributed by atoms with Gasteiger partial charge < -0.3 is 5.32 Å². The van der Waals surface area contributed by atoms with E-state index >= 15 is 0 Å². The number of rotatable bonds is 6. The fourth-order valence-electron chi connectivity index (χ4n) is 0.977. The summed E-state index contributed by atoms with van der Waals surface area (Å²) >= 11 is 3.14. The molecule has 4 nitrogen and oxygen atoms in total. The van der Waals surface area contributed by atoms with E-state index in [2.05, 4.69) is 29.4 Å². The second-order valence-electron chi connectivity index (χ2n) is 4.01. The lowest BCUT2D eigenvalue weighted by molar-refractivity contribution is -0.119. The smallest absolute Gasteiger partial charge is 0.229 e. The maximum atomic E-state index is 11.7. The van der Waals surface area contributed by atoms with Crippen molar-refractivity contribution in [3.05, 3.63) is 0 Å². The monoisotopic (exact) mass is 273 g/mol. The van der Waals surface area contributed by atoms with Crippen molar-refractivity contribution in [3.8, 4) is 0 Å². The van der Waals surface area contributed by atoms with Gasteiger partial charge in [0.15, 0.2) is 4.34 Å². The molecule has 0 aromatic carbocycles. The van der Waals surface area contributed by atoms with Crippen molar-refractivity contribution in [2.45, 2.75) is 50.1 Å². The summed E-state index contributed by atoms with van der Waals surface area (Å²) in [5.41, 5.74) is 0. The molecular weight excluding hydrogens is 254 g/mol. The van der Waals surface area contributed by atoms with Crippen molar-refractivity contribution in [3.63, 3.8) is 0 Å². The minimum Gasteiger partial charge on any atom is -0.300 e. The van der Waals surface area contributed by atoms with Crippen LogP contribution in [0, 0.1) is 5.92 Å². The zero-order valence-corrected chi connectivity index (χ0v) is 12.3. The molecule has 1 amide bonds. The molecule has 0 fully saturated rings. The Bertz CT molecular complexity index is 367. The molecule has 0 saturated carbocycles. The van der Waals surface area contributed by atoms with E-state index in [4.69, 9.17) is 0 Å². The number of aromatic nitrogens is 2. The summed E-state index contributed by atoms with van der Waals surface area (Å²) in [4.78, 5) is 11.7. The Hall–Kier alpha value is -0.620. The number of carbonyl (C=O) groups excluding carboxylic acids is 1. The van der Waals surface area contributed by atoms with Gasteiger partial charge in [0.05, 0.1) is 0 Å². The Morgan fingerprint density at radius 2 is 2.06 bits per heavy atom. The number of anilines is 1. The van der Waals surface area contributed by atoms with E-state index in [1.54, 1.807) is 11.8 Å². The van der Waals surface area contributed by atoms with Gasteiger partial charge in [0.2, 0.25) is 11.0 Å². The normalized spacial score (nSPS) is 14.4. The maximum Gasteiger partial charge on any atom is 0.229 e. The van der Waals surface area contributed by atoms with Gasteiger partial charge in [-0.3, -0.25) is 4.79 Å². The first kappa shape index (κ1) is 14.4. The molecule has 17 heavy (non-hydrogen) atoms. The second kappa shape index (κ2) is 6.96. The van der Waals surface area contributed by atoms with E-state index in [1.807, 2.05) is 13.8 Å². The summed E-state index contributed by atoms with van der Waals surface area (Å²) in [5, 5.41) is 12.0. The molecule has 0 radical (unpaired) electrons. The number of hydrogen-bond acceptors (Lipinski definition) is 5. The largest absolute Gasteiger partial charge is 0.300 e. The molecule has 0 aliphatic carbocycles. The van der Waals surface area contributed by atoms with Crippen LogP contribution in [0.2, 0.25) is 0 Å². The van der Waals surface area contributed by atoms with Gasteiger partial charge >= 0.3 is 0 Å². The number of carbonyl (C=O) groups is 1. The van der Waals surface area contributed by atoms with Crippen LogP contribution in [-0.4, -0.2) is 21.4 Å². The zero-order valence-electron chi connectivity index (χ0n) is 10.7. The quantitative estimate of drug-likeness (QED) is 0.637. The first-order valence-corrected chi connectivity index (χ1v) is 7.57. The predicted octanol–water partition coefficient (Wildman–Crippen LogP) is 3.41. The Balaban J connectivity index is 2.54. The number of nitrogens with one attached hydrogen (secondary N) is 1. The third kappa shape index (κ3) is 4.63. The van der Waals surface area contributed by atoms with Crippen LogP contribution >= 0.6 is 23.1 Å². The van der Waals surface area contributed by atoms with E-state index in [-0.39, 0.29) is 11.8 Å². The number of hydrogen-bond donors (Lipinski definition) is 1. The van der Waals surface area contributed by atoms with Crippen molar-refractivity contribution >= 4 is 34.1 Å². The fraction of sp³-hybridized carbons (Fsp3) is 0.727. The fourth-order valence-corrected chi connectivity index (χ4v) is 2.98. The molecule has 0 aliphatic rings. The van der Waals surface area contributed by atoms with Crippen LogP contribution in [-0.2, 0) is 4.79 Å². The predicted molar refractivity (Wildman–Crippen MR) is 73.6 cm³/mol. The van der Waals surface area contributed by atoms with Gasteiger partial charge in [0.1, 0.15) is 0 Å². The highest BCUT2D eigenvalue weighted by Crippen LogP contribution is 2.30. The molecule has 1 N–H and O–H groups in total. The lowest BCUT2D eigenvalue weighted by atomic mass is 10.1. The van der Waals surface area contributed by atoms with Gasteiger partial charge in [-0.05, 0) is 12.8 Å². The van der Waals surface area contributed by atoms with Crippen molar-refractivity contribution in [2.24, 2.45) is 5.92 Å². The Kier molecular flexibility index (Phi) is 5.91. The lowest BCUT2D eigenvalue weighted by Crippen LogP contribution is -2.19. The Labute approximate surface area is 111 Å². The van der Waals surface area contributed by atoms with Gasteiger partial charge in [-0.25, -0.2) is 0 Å². The van der Waals surface area contributed by atoms with Gasteiger partial charge in [-0.1, -0.05) is 50.8 Å².